The molecule has 1 N–H and O–H groups in total. The maximum Gasteiger partial charge on any atom is 0.300 e. The van der Waals surface area contributed by atoms with Gasteiger partial charge in [-0.3, -0.25) is 9.69 Å². The predicted octanol–water partition coefficient (Wildman–Crippen LogP) is 4.36. The van der Waals surface area contributed by atoms with Crippen LogP contribution in [0.1, 0.15) is 11.1 Å². The topological polar surface area (TPSA) is 72.5 Å². The van der Waals surface area contributed by atoms with Crippen LogP contribution in [-0.4, -0.2) is 40.8 Å². The van der Waals surface area contributed by atoms with E-state index in [-0.39, 0.29) is 23.7 Å². The van der Waals surface area contributed by atoms with E-state index in [1.165, 1.54) is 16.7 Å². The second kappa shape index (κ2) is 9.00. The van der Waals surface area contributed by atoms with E-state index in [0.29, 0.717) is 59.8 Å². The number of aryl methyl sites for hydroxylation is 2. The summed E-state index contributed by atoms with van der Waals surface area (Å²) in [7, 11) is 1.66. The van der Waals surface area contributed by atoms with Crippen molar-refractivity contribution in [1.29, 1.82) is 0 Å². The summed E-state index contributed by atoms with van der Waals surface area (Å²) in [5, 5.41) is 3.06. The van der Waals surface area contributed by atoms with Crippen molar-refractivity contribution < 1.29 is 17.9 Å². The van der Waals surface area contributed by atoms with Crippen LogP contribution in [0.2, 0.25) is 0 Å². The highest BCUT2D eigenvalue weighted by Gasteiger charge is 2.19. The maximum atomic E-state index is 15.0. The molecule has 0 aliphatic carbocycles. The predicted molar refractivity (Wildman–Crippen MR) is 125 cm³/mol. The highest BCUT2D eigenvalue weighted by Crippen LogP contribution is 2.33. The van der Waals surface area contributed by atoms with E-state index in [9.17, 15) is 13.6 Å². The first kappa shape index (κ1) is 22.2. The summed E-state index contributed by atoms with van der Waals surface area (Å²) in [4.78, 5) is 18.4. The molecule has 5 rings (SSSR count). The average molecular weight is 466 g/mol. The van der Waals surface area contributed by atoms with Crippen LogP contribution in [0, 0.1) is 18.6 Å². The number of hydrogen-bond acceptors (Lipinski definition) is 6. The summed E-state index contributed by atoms with van der Waals surface area (Å²) in [5.74, 6) is -1.20. The Kier molecular flexibility index (Phi) is 5.89. The van der Waals surface area contributed by atoms with Crippen molar-refractivity contribution in [3.63, 3.8) is 0 Å². The molecule has 2 aromatic heterocycles. The molecular formula is C25H24F2N4O3. The summed E-state index contributed by atoms with van der Waals surface area (Å²) in [6.45, 7) is 4.32. The van der Waals surface area contributed by atoms with E-state index < -0.39 is 11.6 Å². The number of aromatic nitrogens is 2. The summed E-state index contributed by atoms with van der Waals surface area (Å²) in [6.07, 6.45) is 1.64. The molecule has 0 unspecified atom stereocenters. The van der Waals surface area contributed by atoms with E-state index in [0.717, 1.165) is 0 Å². The minimum atomic E-state index is -0.600. The fraction of sp³-hybridized carbons (Fsp3) is 0.280. The molecule has 0 radical (unpaired) electrons. The van der Waals surface area contributed by atoms with Crippen LogP contribution in [0.3, 0.4) is 0 Å². The molecular weight excluding hydrogens is 442 g/mol. The molecule has 0 bridgehead atoms. The number of para-hydroxylation sites is 1. The number of nitrogens with zero attached hydrogens (tertiary/aromatic N) is 3. The Morgan fingerprint density at radius 3 is 2.56 bits per heavy atom. The SMILES string of the molecule is Cc1cc(Nc2nc3cccc(-c4cc(F)c(CN5CCOCC5)c(F)c4)c3o2)cn(C)c1=O. The smallest absolute Gasteiger partial charge is 0.300 e. The average Bonchev–Trinajstić information content (AvgIpc) is 3.22. The molecule has 1 fully saturated rings. The Morgan fingerprint density at radius 1 is 1.12 bits per heavy atom. The van der Waals surface area contributed by atoms with Crippen molar-refractivity contribution >= 4 is 22.8 Å². The van der Waals surface area contributed by atoms with Gasteiger partial charge in [-0.05, 0) is 36.8 Å². The van der Waals surface area contributed by atoms with Crippen LogP contribution in [0.4, 0.5) is 20.5 Å². The van der Waals surface area contributed by atoms with Gasteiger partial charge >= 0.3 is 0 Å². The minimum Gasteiger partial charge on any atom is -0.423 e. The van der Waals surface area contributed by atoms with Crippen molar-refractivity contribution in [2.75, 3.05) is 31.6 Å². The number of rotatable bonds is 5. The molecule has 0 atom stereocenters. The quantitative estimate of drug-likeness (QED) is 0.471. The van der Waals surface area contributed by atoms with E-state index in [1.807, 2.05) is 4.90 Å². The molecule has 176 valence electrons. The number of pyridine rings is 1. The Balaban J connectivity index is 1.47. The van der Waals surface area contributed by atoms with Crippen LogP contribution >= 0.6 is 0 Å². The van der Waals surface area contributed by atoms with Crippen molar-refractivity contribution in [2.45, 2.75) is 13.5 Å². The van der Waals surface area contributed by atoms with Crippen molar-refractivity contribution in [1.82, 2.24) is 14.5 Å². The lowest BCUT2D eigenvalue weighted by Gasteiger charge is -2.26. The third kappa shape index (κ3) is 4.32. The first-order chi connectivity index (χ1) is 16.4. The van der Waals surface area contributed by atoms with E-state index >= 15 is 0 Å². The van der Waals surface area contributed by atoms with Gasteiger partial charge in [0.05, 0.1) is 18.9 Å². The van der Waals surface area contributed by atoms with Crippen LogP contribution in [0.5, 0.6) is 0 Å². The molecule has 0 spiro atoms. The number of anilines is 2. The van der Waals surface area contributed by atoms with Gasteiger partial charge in [0.1, 0.15) is 17.2 Å². The lowest BCUT2D eigenvalue weighted by atomic mass is 10.0. The van der Waals surface area contributed by atoms with Crippen molar-refractivity contribution in [3.05, 3.63) is 75.7 Å². The molecule has 1 aliphatic heterocycles. The van der Waals surface area contributed by atoms with Crippen LogP contribution < -0.4 is 10.9 Å². The lowest BCUT2D eigenvalue weighted by molar-refractivity contribution is 0.0332. The Bertz CT molecular complexity index is 1370. The number of fused-ring (bicyclic) bond motifs is 1. The normalized spacial score (nSPS) is 14.6. The molecule has 0 saturated carbocycles. The molecule has 4 aromatic rings. The van der Waals surface area contributed by atoms with E-state index in [2.05, 4.69) is 10.3 Å². The fourth-order valence-corrected chi connectivity index (χ4v) is 4.19. The van der Waals surface area contributed by atoms with Gasteiger partial charge in [-0.25, -0.2) is 8.78 Å². The lowest BCUT2D eigenvalue weighted by Crippen LogP contribution is -2.36. The van der Waals surface area contributed by atoms with Crippen LogP contribution in [0.25, 0.3) is 22.2 Å². The number of benzene rings is 2. The number of ether oxygens (including phenoxy) is 1. The summed E-state index contributed by atoms with van der Waals surface area (Å²) in [6, 6.07) is 9.85. The molecule has 1 aliphatic rings. The van der Waals surface area contributed by atoms with Gasteiger partial charge in [-0.15, -0.1) is 0 Å². The minimum absolute atomic E-state index is 0.0443. The Morgan fingerprint density at radius 2 is 1.85 bits per heavy atom. The van der Waals surface area contributed by atoms with Gasteiger partial charge < -0.3 is 19.0 Å². The molecule has 3 heterocycles. The van der Waals surface area contributed by atoms with E-state index in [4.69, 9.17) is 9.15 Å². The van der Waals surface area contributed by atoms with Gasteiger partial charge in [0, 0.05) is 49.6 Å². The number of halogens is 2. The molecule has 0 amide bonds. The number of nitrogens with one attached hydrogen (secondary N) is 1. The summed E-state index contributed by atoms with van der Waals surface area (Å²) in [5.41, 5.74) is 3.02. The van der Waals surface area contributed by atoms with Gasteiger partial charge in [0.25, 0.3) is 11.6 Å². The summed E-state index contributed by atoms with van der Waals surface area (Å²) >= 11 is 0. The first-order valence-corrected chi connectivity index (χ1v) is 11.0. The highest BCUT2D eigenvalue weighted by atomic mass is 19.1. The molecule has 7 nitrogen and oxygen atoms in total. The van der Waals surface area contributed by atoms with Gasteiger partial charge in [-0.1, -0.05) is 12.1 Å². The zero-order chi connectivity index (χ0) is 23.8. The van der Waals surface area contributed by atoms with Crippen LogP contribution in [-0.2, 0) is 18.3 Å². The fourth-order valence-electron chi connectivity index (χ4n) is 4.19. The Hall–Kier alpha value is -3.56. The number of oxazole rings is 1. The van der Waals surface area contributed by atoms with E-state index in [1.54, 1.807) is 44.4 Å². The third-order valence-corrected chi connectivity index (χ3v) is 5.97. The largest absolute Gasteiger partial charge is 0.423 e. The summed E-state index contributed by atoms with van der Waals surface area (Å²) < 4.78 is 42.6. The second-order valence-corrected chi connectivity index (χ2v) is 8.43. The van der Waals surface area contributed by atoms with Crippen molar-refractivity contribution in [3.8, 4) is 11.1 Å². The number of hydrogen-bond donors (Lipinski definition) is 1. The van der Waals surface area contributed by atoms with Gasteiger partial charge in [0.2, 0.25) is 0 Å². The Labute approximate surface area is 194 Å². The van der Waals surface area contributed by atoms with Gasteiger partial charge in [-0.2, -0.15) is 4.98 Å². The highest BCUT2D eigenvalue weighted by molar-refractivity contribution is 5.91. The zero-order valence-corrected chi connectivity index (χ0v) is 18.9. The maximum absolute atomic E-state index is 15.0. The molecule has 2 aromatic carbocycles. The van der Waals surface area contributed by atoms with Crippen molar-refractivity contribution in [2.24, 2.45) is 7.05 Å². The zero-order valence-electron chi connectivity index (χ0n) is 18.9. The first-order valence-electron chi connectivity index (χ1n) is 11.0. The van der Waals surface area contributed by atoms with Crippen LogP contribution in [0.15, 0.2) is 51.8 Å². The van der Waals surface area contributed by atoms with Gasteiger partial charge in [0.15, 0.2) is 5.58 Å². The molecule has 1 saturated heterocycles. The molecule has 9 heteroatoms. The molecule has 34 heavy (non-hydrogen) atoms. The monoisotopic (exact) mass is 466 g/mol. The number of morpholine rings is 1. The second-order valence-electron chi connectivity index (χ2n) is 8.43. The standard InChI is InChI=1S/C25H24F2N4O3/c1-15-10-17(13-30(2)24(15)32)28-25-29-22-5-3-4-18(23(22)34-25)16-11-20(26)19(21(27)12-16)14-31-6-8-33-9-7-31/h3-5,10-13H,6-9,14H2,1-2H3,(H,28,29). The third-order valence-electron chi connectivity index (χ3n) is 5.97.